The topological polar surface area (TPSA) is 17.8 Å². The van der Waals surface area contributed by atoms with Crippen molar-refractivity contribution in [3.8, 4) is 0 Å². The average Bonchev–Trinajstić information content (AvgIpc) is 3.00. The normalized spacial score (nSPS) is 11.4. The lowest BCUT2D eigenvalue weighted by Gasteiger charge is -2.07. The van der Waals surface area contributed by atoms with Gasteiger partial charge in [-0.3, -0.25) is 0 Å². The van der Waals surface area contributed by atoms with Gasteiger partial charge in [0.15, 0.2) is 0 Å². The first-order valence-electron chi connectivity index (χ1n) is 8.53. The summed E-state index contributed by atoms with van der Waals surface area (Å²) in [4.78, 5) is 4.82. The third kappa shape index (κ3) is 3.38. The molecule has 4 rings (SSSR count). The molecule has 0 aliphatic heterocycles. The standard InChI is InChI=1S/C23H20N2/c1-18-11-13-19(14-12-18)15-16-23-24-21-9-5-6-10-22(21)25(23)17-20-7-3-2-4-8-20/h2-16H,17H2,1H3/b16-15+. The van der Waals surface area contributed by atoms with Crippen LogP contribution >= 0.6 is 0 Å². The van der Waals surface area contributed by atoms with Crippen LogP contribution in [0.5, 0.6) is 0 Å². The number of para-hydroxylation sites is 2. The number of imidazole rings is 1. The summed E-state index contributed by atoms with van der Waals surface area (Å²) in [6, 6.07) is 27.4. The molecule has 2 heteroatoms. The second-order valence-electron chi connectivity index (χ2n) is 6.27. The van der Waals surface area contributed by atoms with Gasteiger partial charge >= 0.3 is 0 Å². The summed E-state index contributed by atoms with van der Waals surface area (Å²) in [7, 11) is 0. The second-order valence-corrected chi connectivity index (χ2v) is 6.27. The van der Waals surface area contributed by atoms with E-state index in [1.165, 1.54) is 16.7 Å². The fraction of sp³-hybridized carbons (Fsp3) is 0.0870. The van der Waals surface area contributed by atoms with Crippen molar-refractivity contribution >= 4 is 23.2 Å². The first kappa shape index (κ1) is 15.4. The van der Waals surface area contributed by atoms with E-state index in [0.717, 1.165) is 23.4 Å². The van der Waals surface area contributed by atoms with Gasteiger partial charge in [-0.2, -0.15) is 0 Å². The molecule has 122 valence electrons. The molecular weight excluding hydrogens is 304 g/mol. The number of benzene rings is 3. The second kappa shape index (κ2) is 6.78. The zero-order valence-electron chi connectivity index (χ0n) is 14.3. The van der Waals surface area contributed by atoms with Gasteiger partial charge in [0.05, 0.1) is 11.0 Å². The lowest BCUT2D eigenvalue weighted by Crippen LogP contribution is -2.01. The Labute approximate surface area is 148 Å². The smallest absolute Gasteiger partial charge is 0.134 e. The summed E-state index contributed by atoms with van der Waals surface area (Å²) < 4.78 is 2.27. The van der Waals surface area contributed by atoms with Crippen LogP contribution in [0.25, 0.3) is 23.2 Å². The number of rotatable bonds is 4. The van der Waals surface area contributed by atoms with Crippen molar-refractivity contribution in [3.05, 3.63) is 101 Å². The molecule has 0 fully saturated rings. The van der Waals surface area contributed by atoms with Crippen LogP contribution < -0.4 is 0 Å². The fourth-order valence-electron chi connectivity index (χ4n) is 3.00. The molecule has 0 atom stereocenters. The summed E-state index contributed by atoms with van der Waals surface area (Å²) in [5.74, 6) is 0.977. The number of nitrogens with zero attached hydrogens (tertiary/aromatic N) is 2. The van der Waals surface area contributed by atoms with Gasteiger partial charge in [-0.05, 0) is 36.3 Å². The van der Waals surface area contributed by atoms with Gasteiger partial charge in [-0.25, -0.2) is 4.98 Å². The van der Waals surface area contributed by atoms with Crippen LogP contribution in [0, 0.1) is 6.92 Å². The van der Waals surface area contributed by atoms with Gasteiger partial charge in [0.25, 0.3) is 0 Å². The van der Waals surface area contributed by atoms with E-state index in [4.69, 9.17) is 4.98 Å². The Morgan fingerprint density at radius 1 is 0.800 bits per heavy atom. The van der Waals surface area contributed by atoms with Gasteiger partial charge in [0.2, 0.25) is 0 Å². The predicted molar refractivity (Wildman–Crippen MR) is 105 cm³/mol. The van der Waals surface area contributed by atoms with Gasteiger partial charge in [0, 0.05) is 6.54 Å². The van der Waals surface area contributed by atoms with Crippen molar-refractivity contribution in [2.24, 2.45) is 0 Å². The molecule has 0 bridgehead atoms. The Kier molecular flexibility index (Phi) is 4.17. The Bertz CT molecular complexity index is 1010. The van der Waals surface area contributed by atoms with Crippen LogP contribution in [-0.4, -0.2) is 9.55 Å². The number of aryl methyl sites for hydroxylation is 1. The molecule has 2 nitrogen and oxygen atoms in total. The van der Waals surface area contributed by atoms with E-state index in [1.54, 1.807) is 0 Å². The van der Waals surface area contributed by atoms with Crippen molar-refractivity contribution in [1.82, 2.24) is 9.55 Å². The lowest BCUT2D eigenvalue weighted by molar-refractivity contribution is 0.814. The predicted octanol–water partition coefficient (Wildman–Crippen LogP) is 5.56. The van der Waals surface area contributed by atoms with Crippen molar-refractivity contribution in [3.63, 3.8) is 0 Å². The highest BCUT2D eigenvalue weighted by molar-refractivity contribution is 5.80. The molecule has 1 aromatic heterocycles. The Morgan fingerprint density at radius 2 is 1.52 bits per heavy atom. The molecule has 25 heavy (non-hydrogen) atoms. The fourth-order valence-corrected chi connectivity index (χ4v) is 3.00. The summed E-state index contributed by atoms with van der Waals surface area (Å²) in [6.45, 7) is 2.92. The van der Waals surface area contributed by atoms with Crippen LogP contribution in [0.1, 0.15) is 22.5 Å². The minimum Gasteiger partial charge on any atom is -0.320 e. The molecule has 0 radical (unpaired) electrons. The highest BCUT2D eigenvalue weighted by Crippen LogP contribution is 2.20. The van der Waals surface area contributed by atoms with E-state index in [0.29, 0.717) is 0 Å². The molecule has 4 aromatic rings. The maximum atomic E-state index is 4.82. The van der Waals surface area contributed by atoms with E-state index >= 15 is 0 Å². The minimum absolute atomic E-state index is 0.814. The maximum Gasteiger partial charge on any atom is 0.134 e. The van der Waals surface area contributed by atoms with Gasteiger partial charge in [-0.1, -0.05) is 78.4 Å². The molecule has 3 aromatic carbocycles. The maximum absolute atomic E-state index is 4.82. The van der Waals surface area contributed by atoms with Gasteiger partial charge in [0.1, 0.15) is 5.82 Å². The molecule has 1 heterocycles. The highest BCUT2D eigenvalue weighted by Gasteiger charge is 2.08. The van der Waals surface area contributed by atoms with Crippen molar-refractivity contribution < 1.29 is 0 Å². The number of hydrogen-bond donors (Lipinski definition) is 0. The quantitative estimate of drug-likeness (QED) is 0.480. The van der Waals surface area contributed by atoms with E-state index in [1.807, 2.05) is 12.1 Å². The monoisotopic (exact) mass is 324 g/mol. The van der Waals surface area contributed by atoms with Crippen LogP contribution in [-0.2, 0) is 6.54 Å². The Hall–Kier alpha value is -3.13. The largest absolute Gasteiger partial charge is 0.320 e. The third-order valence-corrected chi connectivity index (χ3v) is 4.37. The third-order valence-electron chi connectivity index (χ3n) is 4.37. The van der Waals surface area contributed by atoms with Gasteiger partial charge < -0.3 is 4.57 Å². The molecule has 0 saturated carbocycles. The van der Waals surface area contributed by atoms with E-state index in [9.17, 15) is 0 Å². The van der Waals surface area contributed by atoms with E-state index < -0.39 is 0 Å². The van der Waals surface area contributed by atoms with Crippen molar-refractivity contribution in [2.45, 2.75) is 13.5 Å². The van der Waals surface area contributed by atoms with Crippen LogP contribution in [0.2, 0.25) is 0 Å². The molecule has 0 N–H and O–H groups in total. The molecule has 0 spiro atoms. The van der Waals surface area contributed by atoms with Crippen LogP contribution in [0.4, 0.5) is 0 Å². The number of fused-ring (bicyclic) bond motifs is 1. The van der Waals surface area contributed by atoms with Crippen LogP contribution in [0.15, 0.2) is 78.9 Å². The summed E-state index contributed by atoms with van der Waals surface area (Å²) >= 11 is 0. The zero-order valence-corrected chi connectivity index (χ0v) is 14.3. The first-order valence-corrected chi connectivity index (χ1v) is 8.53. The number of hydrogen-bond acceptors (Lipinski definition) is 1. The SMILES string of the molecule is Cc1ccc(/C=C/c2nc3ccccc3n2Cc2ccccc2)cc1. The Balaban J connectivity index is 1.74. The summed E-state index contributed by atoms with van der Waals surface area (Å²) in [6.07, 6.45) is 4.23. The van der Waals surface area contributed by atoms with Crippen molar-refractivity contribution in [2.75, 3.05) is 0 Å². The van der Waals surface area contributed by atoms with Crippen molar-refractivity contribution in [1.29, 1.82) is 0 Å². The molecule has 0 unspecified atom stereocenters. The summed E-state index contributed by atoms with van der Waals surface area (Å²) in [5, 5.41) is 0. The highest BCUT2D eigenvalue weighted by atomic mass is 15.1. The van der Waals surface area contributed by atoms with Crippen LogP contribution in [0.3, 0.4) is 0 Å². The van der Waals surface area contributed by atoms with E-state index in [-0.39, 0.29) is 0 Å². The zero-order chi connectivity index (χ0) is 17.1. The van der Waals surface area contributed by atoms with E-state index in [2.05, 4.69) is 90.4 Å². The first-order chi connectivity index (χ1) is 12.3. The molecule has 0 aliphatic carbocycles. The minimum atomic E-state index is 0.814. The number of aromatic nitrogens is 2. The average molecular weight is 324 g/mol. The molecule has 0 aliphatic rings. The van der Waals surface area contributed by atoms with Gasteiger partial charge in [-0.15, -0.1) is 0 Å². The summed E-state index contributed by atoms with van der Waals surface area (Å²) in [5.41, 5.74) is 5.92. The molecular formula is C23H20N2. The molecule has 0 saturated heterocycles. The Morgan fingerprint density at radius 3 is 2.32 bits per heavy atom. The molecule has 0 amide bonds. The lowest BCUT2D eigenvalue weighted by atomic mass is 10.1.